The average molecular weight is 473 g/mol. The maximum Gasteiger partial charge on any atom is 0.338 e. The lowest BCUT2D eigenvalue weighted by atomic mass is 10.2. The Morgan fingerprint density at radius 3 is 2.66 bits per heavy atom. The number of nitrogens with zero attached hydrogens (tertiary/aromatic N) is 2. The van der Waals surface area contributed by atoms with E-state index in [1.54, 1.807) is 31.2 Å². The molecule has 4 aromatic rings. The Morgan fingerprint density at radius 2 is 1.91 bits per heavy atom. The Balaban J connectivity index is 1.71. The van der Waals surface area contributed by atoms with Crippen molar-refractivity contribution in [3.05, 3.63) is 94.0 Å². The average Bonchev–Trinajstić information content (AvgIpc) is 3.10. The van der Waals surface area contributed by atoms with Crippen LogP contribution in [0.3, 0.4) is 0 Å². The van der Waals surface area contributed by atoms with E-state index < -0.39 is 11.8 Å². The molecule has 0 saturated carbocycles. The Kier molecular flexibility index (Phi) is 6.77. The van der Waals surface area contributed by atoms with Crippen molar-refractivity contribution < 1.29 is 18.3 Å². The summed E-state index contributed by atoms with van der Waals surface area (Å²) in [5.74, 6) is -0.658. The molecular weight excluding hydrogens is 454 g/mol. The fourth-order valence-corrected chi connectivity index (χ4v) is 4.64. The van der Waals surface area contributed by atoms with Gasteiger partial charge < -0.3 is 9.30 Å². The van der Waals surface area contributed by atoms with Crippen LogP contribution in [-0.4, -0.2) is 22.1 Å². The van der Waals surface area contributed by atoms with Crippen molar-refractivity contribution in [3.8, 4) is 0 Å². The number of imidazole rings is 1. The van der Waals surface area contributed by atoms with Crippen LogP contribution >= 0.6 is 23.4 Å². The first-order valence-electron chi connectivity index (χ1n) is 9.93. The summed E-state index contributed by atoms with van der Waals surface area (Å²) in [5, 5.41) is 1.01. The summed E-state index contributed by atoms with van der Waals surface area (Å²) in [6.45, 7) is 2.43. The smallest absolute Gasteiger partial charge is 0.338 e. The molecule has 0 aliphatic carbocycles. The van der Waals surface area contributed by atoms with Crippen LogP contribution in [-0.2, 0) is 17.0 Å². The van der Waals surface area contributed by atoms with Gasteiger partial charge in [-0.15, -0.1) is 0 Å². The first-order valence-corrected chi connectivity index (χ1v) is 11.3. The summed E-state index contributed by atoms with van der Waals surface area (Å²) in [5.41, 5.74) is 3.39. The van der Waals surface area contributed by atoms with Crippen molar-refractivity contribution in [2.45, 2.75) is 24.4 Å². The van der Waals surface area contributed by atoms with Gasteiger partial charge in [0.25, 0.3) is 0 Å². The molecule has 8 heteroatoms. The van der Waals surface area contributed by atoms with E-state index in [0.29, 0.717) is 33.6 Å². The maximum absolute atomic E-state index is 13.7. The highest BCUT2D eigenvalue weighted by Gasteiger charge is 2.16. The van der Waals surface area contributed by atoms with Crippen LogP contribution in [0.2, 0.25) is 5.02 Å². The van der Waals surface area contributed by atoms with Gasteiger partial charge in [-0.25, -0.2) is 18.6 Å². The Labute approximate surface area is 193 Å². The maximum atomic E-state index is 13.7. The molecule has 1 heterocycles. The monoisotopic (exact) mass is 472 g/mol. The van der Waals surface area contributed by atoms with Crippen molar-refractivity contribution in [1.82, 2.24) is 9.55 Å². The number of rotatable bonds is 7. The zero-order valence-electron chi connectivity index (χ0n) is 17.1. The van der Waals surface area contributed by atoms with Gasteiger partial charge in [0.1, 0.15) is 11.6 Å². The van der Waals surface area contributed by atoms with Gasteiger partial charge in [0.05, 0.1) is 29.7 Å². The second-order valence-electron chi connectivity index (χ2n) is 7.06. The van der Waals surface area contributed by atoms with E-state index in [9.17, 15) is 13.6 Å². The molecule has 1 aromatic heterocycles. The van der Waals surface area contributed by atoms with Crippen LogP contribution in [0, 0.1) is 11.6 Å². The van der Waals surface area contributed by atoms with Crippen LogP contribution in [0.5, 0.6) is 0 Å². The number of aromatic nitrogens is 2. The van der Waals surface area contributed by atoms with Crippen LogP contribution in [0.4, 0.5) is 8.78 Å². The molecule has 0 fully saturated rings. The number of halogens is 3. The third-order valence-electron chi connectivity index (χ3n) is 4.83. The molecule has 0 spiro atoms. The van der Waals surface area contributed by atoms with E-state index in [1.807, 2.05) is 16.7 Å². The normalized spacial score (nSPS) is 11.1. The van der Waals surface area contributed by atoms with E-state index in [0.717, 1.165) is 16.6 Å². The number of fused-ring (bicyclic) bond motifs is 1. The van der Waals surface area contributed by atoms with Gasteiger partial charge in [-0.05, 0) is 60.5 Å². The Hall–Kier alpha value is -2.90. The second kappa shape index (κ2) is 9.71. The summed E-state index contributed by atoms with van der Waals surface area (Å²) in [6, 6.07) is 15.8. The second-order valence-corrected chi connectivity index (χ2v) is 8.41. The minimum atomic E-state index is -0.415. The van der Waals surface area contributed by atoms with E-state index in [4.69, 9.17) is 21.3 Å². The first-order chi connectivity index (χ1) is 15.4. The number of hydrogen-bond donors (Lipinski definition) is 0. The zero-order valence-corrected chi connectivity index (χ0v) is 18.7. The lowest BCUT2D eigenvalue weighted by Gasteiger charge is -2.10. The molecule has 4 rings (SSSR count). The molecule has 0 radical (unpaired) electrons. The molecule has 0 saturated heterocycles. The molecular formula is C24H19ClF2N2O2S. The Morgan fingerprint density at radius 1 is 1.09 bits per heavy atom. The molecule has 0 aliphatic heterocycles. The highest BCUT2D eigenvalue weighted by atomic mass is 35.5. The summed E-state index contributed by atoms with van der Waals surface area (Å²) in [4.78, 5) is 16.8. The van der Waals surface area contributed by atoms with Gasteiger partial charge in [-0.2, -0.15) is 0 Å². The van der Waals surface area contributed by atoms with Crippen molar-refractivity contribution in [3.63, 3.8) is 0 Å². The summed E-state index contributed by atoms with van der Waals surface area (Å²) in [7, 11) is 0. The molecule has 0 aliphatic rings. The summed E-state index contributed by atoms with van der Waals surface area (Å²) < 4.78 is 34.2. The largest absolute Gasteiger partial charge is 0.462 e. The highest BCUT2D eigenvalue weighted by molar-refractivity contribution is 7.98. The molecule has 164 valence electrons. The van der Waals surface area contributed by atoms with Crippen LogP contribution in [0.15, 0.2) is 65.8 Å². The fraction of sp³-hybridized carbons (Fsp3) is 0.167. The molecule has 3 aromatic carbocycles. The number of carbonyl (C=O) groups excluding carboxylic acids is 1. The Bertz CT molecular complexity index is 1290. The van der Waals surface area contributed by atoms with Crippen LogP contribution in [0.25, 0.3) is 11.0 Å². The van der Waals surface area contributed by atoms with Gasteiger partial charge in [0.2, 0.25) is 0 Å². The molecule has 0 N–H and O–H groups in total. The number of hydrogen-bond acceptors (Lipinski definition) is 4. The minimum Gasteiger partial charge on any atom is -0.462 e. The molecule has 0 unspecified atom stereocenters. The predicted octanol–water partition coefficient (Wildman–Crippen LogP) is 6.49. The van der Waals surface area contributed by atoms with E-state index in [2.05, 4.69) is 0 Å². The van der Waals surface area contributed by atoms with Gasteiger partial charge in [-0.1, -0.05) is 41.6 Å². The van der Waals surface area contributed by atoms with Crippen LogP contribution < -0.4 is 0 Å². The number of benzene rings is 3. The predicted molar refractivity (Wildman–Crippen MR) is 122 cm³/mol. The van der Waals surface area contributed by atoms with Gasteiger partial charge >= 0.3 is 5.97 Å². The topological polar surface area (TPSA) is 44.1 Å². The SMILES string of the molecule is CCOC(=O)c1ccc2c(c1)nc(SCc1ccc(F)cc1Cl)n2Cc1cccc(F)c1. The highest BCUT2D eigenvalue weighted by Crippen LogP contribution is 2.31. The lowest BCUT2D eigenvalue weighted by Crippen LogP contribution is -2.05. The number of esters is 1. The van der Waals surface area contributed by atoms with E-state index in [1.165, 1.54) is 36.0 Å². The number of carbonyl (C=O) groups is 1. The summed E-state index contributed by atoms with van der Waals surface area (Å²) in [6.07, 6.45) is 0. The fourth-order valence-electron chi connectivity index (χ4n) is 3.31. The first kappa shape index (κ1) is 22.3. The zero-order chi connectivity index (χ0) is 22.7. The van der Waals surface area contributed by atoms with E-state index >= 15 is 0 Å². The summed E-state index contributed by atoms with van der Waals surface area (Å²) >= 11 is 7.60. The van der Waals surface area contributed by atoms with Gasteiger partial charge in [0.15, 0.2) is 5.16 Å². The van der Waals surface area contributed by atoms with Crippen LogP contribution in [0.1, 0.15) is 28.4 Å². The molecule has 4 nitrogen and oxygen atoms in total. The van der Waals surface area contributed by atoms with Crippen molar-refractivity contribution in [2.75, 3.05) is 6.61 Å². The standard InChI is InChI=1S/C24H19ClF2N2O2S/c1-2-31-23(30)16-7-9-22-21(11-16)28-24(29(22)13-15-4-3-5-18(26)10-15)32-14-17-6-8-19(27)12-20(17)25/h3-12H,2,13-14H2,1H3. The van der Waals surface area contributed by atoms with E-state index in [-0.39, 0.29) is 12.4 Å². The van der Waals surface area contributed by atoms with Gasteiger partial charge in [-0.3, -0.25) is 0 Å². The molecule has 32 heavy (non-hydrogen) atoms. The third-order valence-corrected chi connectivity index (χ3v) is 6.20. The number of ether oxygens (including phenoxy) is 1. The van der Waals surface area contributed by atoms with Crippen molar-refractivity contribution >= 4 is 40.4 Å². The number of thioether (sulfide) groups is 1. The lowest BCUT2D eigenvalue weighted by molar-refractivity contribution is 0.0526. The minimum absolute atomic E-state index is 0.282. The third kappa shape index (κ3) is 4.95. The molecule has 0 bridgehead atoms. The molecule has 0 atom stereocenters. The molecule has 0 amide bonds. The van der Waals surface area contributed by atoms with Crippen molar-refractivity contribution in [1.29, 1.82) is 0 Å². The van der Waals surface area contributed by atoms with Gasteiger partial charge in [0, 0.05) is 10.8 Å². The quantitative estimate of drug-likeness (QED) is 0.228. The van der Waals surface area contributed by atoms with Crippen molar-refractivity contribution in [2.24, 2.45) is 0 Å².